The number of carbonyl (C=O) groups excluding carboxylic acids is 3. The van der Waals surface area contributed by atoms with Gasteiger partial charge in [0.25, 0.3) is 0 Å². The Kier molecular flexibility index (Phi) is 53.4. The van der Waals surface area contributed by atoms with Crippen molar-refractivity contribution >= 4 is 23.9 Å². The van der Waals surface area contributed by atoms with Gasteiger partial charge in [0.1, 0.15) is 18.8 Å². The molecule has 1 aliphatic rings. The van der Waals surface area contributed by atoms with E-state index in [2.05, 4.69) is 69.4 Å². The third-order valence-corrected chi connectivity index (χ3v) is 15.3. The Bertz CT molecular complexity index is 1590. The van der Waals surface area contributed by atoms with Crippen molar-refractivity contribution in [3.8, 4) is 0 Å². The van der Waals surface area contributed by atoms with E-state index in [0.29, 0.717) is 19.3 Å². The van der Waals surface area contributed by atoms with Gasteiger partial charge in [-0.1, -0.05) is 243 Å². The zero-order chi connectivity index (χ0) is 58.9. The number of rotatable bonds is 58. The van der Waals surface area contributed by atoms with Crippen LogP contribution in [0.1, 0.15) is 316 Å². The van der Waals surface area contributed by atoms with Crippen molar-refractivity contribution in [2.45, 2.75) is 353 Å². The fourth-order valence-electron chi connectivity index (χ4n) is 10.2. The van der Waals surface area contributed by atoms with E-state index < -0.39 is 67.3 Å². The van der Waals surface area contributed by atoms with Crippen molar-refractivity contribution in [1.82, 2.24) is 0 Å². The number of ether oxygens (including phenoxy) is 5. The predicted molar refractivity (Wildman–Crippen MR) is 331 cm³/mol. The molecule has 0 radical (unpaired) electrons. The quantitative estimate of drug-likeness (QED) is 0.0228. The molecular formula is C69H122O12. The van der Waals surface area contributed by atoms with Crippen LogP contribution in [0.2, 0.25) is 0 Å². The Balaban J connectivity index is 2.64. The van der Waals surface area contributed by atoms with Crippen LogP contribution in [0.5, 0.6) is 0 Å². The van der Waals surface area contributed by atoms with Crippen LogP contribution in [0.15, 0.2) is 48.6 Å². The monoisotopic (exact) mass is 1140 g/mol. The van der Waals surface area contributed by atoms with E-state index in [1.54, 1.807) is 0 Å². The molecule has 1 saturated heterocycles. The summed E-state index contributed by atoms with van der Waals surface area (Å²) in [5, 5.41) is 31.6. The number of esters is 3. The molecular weight excluding hydrogens is 1020 g/mol. The summed E-state index contributed by atoms with van der Waals surface area (Å²) in [7, 11) is 0. The highest BCUT2D eigenvalue weighted by Crippen LogP contribution is 2.27. The molecule has 6 unspecified atom stereocenters. The SMILES string of the molecule is CCCCC/C=C\C/C=C\CCCCCCCC(=O)OC(COC(=O)CCCCCCCCCCC/C=C\CCCCCCCC)COC1OC(C(=O)O)C(O)C(O)C1OC(=O)CCCCCCCCC/C=C\CCCCCCCC. The Hall–Kier alpha value is -3.32. The van der Waals surface area contributed by atoms with Crippen molar-refractivity contribution in [2.24, 2.45) is 0 Å². The second kappa shape index (κ2) is 57.1. The van der Waals surface area contributed by atoms with E-state index in [1.807, 2.05) is 0 Å². The fourth-order valence-corrected chi connectivity index (χ4v) is 10.2. The number of carboxylic acid groups (broad SMARTS) is 1. The summed E-state index contributed by atoms with van der Waals surface area (Å²) in [6.45, 7) is 5.99. The smallest absolute Gasteiger partial charge is 0.335 e. The zero-order valence-electron chi connectivity index (χ0n) is 52.0. The maximum atomic E-state index is 13.2. The first-order valence-electron chi connectivity index (χ1n) is 33.6. The van der Waals surface area contributed by atoms with Gasteiger partial charge in [-0.25, -0.2) is 4.79 Å². The van der Waals surface area contributed by atoms with Gasteiger partial charge in [0, 0.05) is 19.3 Å². The van der Waals surface area contributed by atoms with E-state index >= 15 is 0 Å². The number of aliphatic hydroxyl groups is 2. The summed E-state index contributed by atoms with van der Waals surface area (Å²) in [6.07, 6.45) is 57.8. The van der Waals surface area contributed by atoms with Gasteiger partial charge in [-0.05, 0) is 103 Å². The summed E-state index contributed by atoms with van der Waals surface area (Å²) >= 11 is 0. The largest absolute Gasteiger partial charge is 0.479 e. The predicted octanol–water partition coefficient (Wildman–Crippen LogP) is 18.1. The van der Waals surface area contributed by atoms with Crippen LogP contribution >= 0.6 is 0 Å². The summed E-state index contributed by atoms with van der Waals surface area (Å²) in [5.41, 5.74) is 0. The molecule has 81 heavy (non-hydrogen) atoms. The first kappa shape index (κ1) is 75.7. The summed E-state index contributed by atoms with van der Waals surface area (Å²) in [6, 6.07) is 0. The highest BCUT2D eigenvalue weighted by Gasteiger charge is 2.50. The molecule has 1 aliphatic heterocycles. The lowest BCUT2D eigenvalue weighted by molar-refractivity contribution is -0.301. The standard InChI is InChI=1S/C69H122O12/c1-4-7-10-13-16-19-22-25-28-30-31-33-35-37-40-43-46-49-52-55-61(70)77-58-60(79-62(71)56-53-50-47-44-41-38-34-27-24-21-18-15-12-9-6-3)59-78-69-67(65(74)64(73)66(81-69)68(75)76)80-63(72)57-54-51-48-45-42-39-36-32-29-26-23-20-17-14-11-8-5-2/h18,21,25-29,34,60,64-67,69,73-74H,4-17,19-20,22-24,30-33,35-59H2,1-3H3,(H,75,76)/b21-18-,28-25-,29-26-,34-27-. The van der Waals surface area contributed by atoms with Gasteiger partial charge in [0.05, 0.1) is 6.61 Å². The molecule has 0 bridgehead atoms. The lowest BCUT2D eigenvalue weighted by Crippen LogP contribution is -2.61. The number of allylic oxidation sites excluding steroid dienone is 8. The minimum absolute atomic E-state index is 0.0554. The Labute approximate surface area is 494 Å². The summed E-state index contributed by atoms with van der Waals surface area (Å²) < 4.78 is 28.6. The van der Waals surface area contributed by atoms with Crippen LogP contribution in [-0.4, -0.2) is 89.2 Å². The zero-order valence-corrected chi connectivity index (χ0v) is 52.0. The lowest BCUT2D eigenvalue weighted by atomic mass is 9.98. The van der Waals surface area contributed by atoms with Gasteiger partial charge in [0.15, 0.2) is 24.6 Å². The van der Waals surface area contributed by atoms with Crippen molar-refractivity contribution in [2.75, 3.05) is 13.2 Å². The maximum absolute atomic E-state index is 13.2. The number of hydrogen-bond donors (Lipinski definition) is 3. The summed E-state index contributed by atoms with van der Waals surface area (Å²) in [4.78, 5) is 51.4. The van der Waals surface area contributed by atoms with Crippen LogP contribution < -0.4 is 0 Å². The number of carbonyl (C=O) groups is 4. The molecule has 0 saturated carbocycles. The molecule has 1 fully saturated rings. The van der Waals surface area contributed by atoms with Crippen molar-refractivity contribution < 1.29 is 58.2 Å². The minimum atomic E-state index is -1.91. The van der Waals surface area contributed by atoms with Gasteiger partial charge in [-0.2, -0.15) is 0 Å². The second-order valence-electron chi connectivity index (χ2n) is 23.1. The van der Waals surface area contributed by atoms with Crippen molar-refractivity contribution in [3.05, 3.63) is 48.6 Å². The first-order valence-corrected chi connectivity index (χ1v) is 33.6. The van der Waals surface area contributed by atoms with Crippen LogP contribution in [0.25, 0.3) is 0 Å². The van der Waals surface area contributed by atoms with Crippen LogP contribution in [0.4, 0.5) is 0 Å². The molecule has 0 aromatic carbocycles. The van der Waals surface area contributed by atoms with E-state index in [0.717, 1.165) is 96.3 Å². The van der Waals surface area contributed by atoms with E-state index in [4.69, 9.17) is 23.7 Å². The van der Waals surface area contributed by atoms with Gasteiger partial charge in [-0.15, -0.1) is 0 Å². The molecule has 6 atom stereocenters. The summed E-state index contributed by atoms with van der Waals surface area (Å²) in [5.74, 6) is -3.12. The molecule has 3 N–H and O–H groups in total. The van der Waals surface area contributed by atoms with E-state index in [9.17, 15) is 34.5 Å². The first-order chi connectivity index (χ1) is 39.6. The third-order valence-electron chi connectivity index (χ3n) is 15.3. The Morgan fingerprint density at radius 2 is 0.741 bits per heavy atom. The normalized spacial score (nSPS) is 18.0. The second-order valence-corrected chi connectivity index (χ2v) is 23.1. The van der Waals surface area contributed by atoms with Crippen LogP contribution in [0.3, 0.4) is 0 Å². The lowest BCUT2D eigenvalue weighted by Gasteiger charge is -2.40. The molecule has 0 aliphatic carbocycles. The molecule has 1 rings (SSSR count). The van der Waals surface area contributed by atoms with Gasteiger partial charge < -0.3 is 39.0 Å². The van der Waals surface area contributed by atoms with Crippen molar-refractivity contribution in [1.29, 1.82) is 0 Å². The number of unbranched alkanes of at least 4 members (excludes halogenated alkanes) is 36. The van der Waals surface area contributed by atoms with E-state index in [-0.39, 0.29) is 25.9 Å². The number of hydrogen-bond acceptors (Lipinski definition) is 11. The number of aliphatic carboxylic acids is 1. The Morgan fingerprint density at radius 1 is 0.407 bits per heavy atom. The van der Waals surface area contributed by atoms with Gasteiger partial charge in [-0.3, -0.25) is 14.4 Å². The molecule has 0 aromatic rings. The molecule has 0 spiro atoms. The molecule has 0 amide bonds. The van der Waals surface area contributed by atoms with Gasteiger partial charge in [0.2, 0.25) is 0 Å². The topological polar surface area (TPSA) is 175 Å². The fraction of sp³-hybridized carbons (Fsp3) is 0.826. The van der Waals surface area contributed by atoms with Gasteiger partial charge >= 0.3 is 23.9 Å². The molecule has 12 nitrogen and oxygen atoms in total. The highest BCUT2D eigenvalue weighted by molar-refractivity contribution is 5.74. The average Bonchev–Trinajstić information content (AvgIpc) is 3.53. The third kappa shape index (κ3) is 46.7. The molecule has 12 heteroatoms. The molecule has 0 aromatic heterocycles. The van der Waals surface area contributed by atoms with Crippen LogP contribution in [0, 0.1) is 0 Å². The van der Waals surface area contributed by atoms with Crippen LogP contribution in [-0.2, 0) is 42.9 Å². The highest BCUT2D eigenvalue weighted by atomic mass is 16.7. The minimum Gasteiger partial charge on any atom is -0.479 e. The number of carboxylic acids is 1. The molecule has 470 valence electrons. The average molecular weight is 1140 g/mol. The van der Waals surface area contributed by atoms with Crippen molar-refractivity contribution in [3.63, 3.8) is 0 Å². The molecule has 1 heterocycles. The number of aliphatic hydroxyl groups excluding tert-OH is 2. The maximum Gasteiger partial charge on any atom is 0.335 e. The van der Waals surface area contributed by atoms with E-state index in [1.165, 1.54) is 161 Å². The Morgan fingerprint density at radius 3 is 1.15 bits per heavy atom.